The molecule has 0 unspecified atom stereocenters. The fraction of sp³-hybridized carbons (Fsp3) is 0. The number of carbonyl (C=O) groups is 1. The molecule has 4 rings (SSSR count). The molecule has 0 aliphatic rings. The van der Waals surface area contributed by atoms with Gasteiger partial charge >= 0.3 is 0 Å². The monoisotopic (exact) mass is 331 g/mol. The number of fused-ring (bicyclic) bond motifs is 1. The number of nitrogens with zero attached hydrogens (tertiary/aromatic N) is 2. The molecule has 25 heavy (non-hydrogen) atoms. The van der Waals surface area contributed by atoms with Crippen LogP contribution in [-0.2, 0) is 0 Å². The van der Waals surface area contributed by atoms with Gasteiger partial charge in [0.15, 0.2) is 0 Å². The van der Waals surface area contributed by atoms with Crippen molar-refractivity contribution in [1.29, 1.82) is 0 Å². The smallest absolute Gasteiger partial charge is 0.276 e. The van der Waals surface area contributed by atoms with Gasteiger partial charge in [-0.3, -0.25) is 9.59 Å². The summed E-state index contributed by atoms with van der Waals surface area (Å²) in [4.78, 5) is 31.0. The summed E-state index contributed by atoms with van der Waals surface area (Å²) in [5.41, 5.74) is 3.06. The number of anilines is 1. The number of rotatable bonds is 3. The van der Waals surface area contributed by atoms with Gasteiger partial charge in [-0.1, -0.05) is 24.3 Å². The Labute approximate surface area is 141 Å². The number of para-hydroxylation sites is 2. The van der Waals surface area contributed by atoms with E-state index in [1.165, 1.54) is 12.1 Å². The number of hydrogen-bond acceptors (Lipinski definition) is 4. The summed E-state index contributed by atoms with van der Waals surface area (Å²) in [6, 6.07) is 17.7. The van der Waals surface area contributed by atoms with Crippen LogP contribution in [0.15, 0.2) is 65.5 Å². The van der Waals surface area contributed by atoms with Gasteiger partial charge in [-0.2, -0.15) is 5.10 Å². The number of hydrogen-bond donors (Lipinski definition) is 3. The molecule has 0 aliphatic carbocycles. The van der Waals surface area contributed by atoms with E-state index in [-0.39, 0.29) is 11.3 Å². The molecule has 7 heteroatoms. The SMILES string of the molecule is O=C(Nc1cccc(-c2nc3ccccc3[nH]2)c1)c1ccc(=O)[nH]n1. The first kappa shape index (κ1) is 14.8. The van der Waals surface area contributed by atoms with Crippen molar-refractivity contribution in [3.63, 3.8) is 0 Å². The molecular formula is C18H13N5O2. The Morgan fingerprint density at radius 2 is 1.88 bits per heavy atom. The molecule has 0 fully saturated rings. The van der Waals surface area contributed by atoms with Crippen LogP contribution in [0.25, 0.3) is 22.4 Å². The van der Waals surface area contributed by atoms with Gasteiger partial charge in [0.25, 0.3) is 11.5 Å². The van der Waals surface area contributed by atoms with Crippen molar-refractivity contribution in [2.24, 2.45) is 0 Å². The van der Waals surface area contributed by atoms with Gasteiger partial charge in [0.1, 0.15) is 11.5 Å². The lowest BCUT2D eigenvalue weighted by Crippen LogP contribution is -2.17. The normalized spacial score (nSPS) is 10.7. The first-order valence-corrected chi connectivity index (χ1v) is 7.61. The highest BCUT2D eigenvalue weighted by Crippen LogP contribution is 2.23. The molecule has 0 radical (unpaired) electrons. The molecular weight excluding hydrogens is 318 g/mol. The van der Waals surface area contributed by atoms with E-state index in [2.05, 4.69) is 25.5 Å². The maximum absolute atomic E-state index is 12.2. The van der Waals surface area contributed by atoms with Gasteiger partial charge in [-0.25, -0.2) is 10.1 Å². The number of imidazole rings is 1. The maximum atomic E-state index is 12.2. The van der Waals surface area contributed by atoms with Crippen LogP contribution in [0.5, 0.6) is 0 Å². The highest BCUT2D eigenvalue weighted by molar-refractivity contribution is 6.03. The van der Waals surface area contributed by atoms with Crippen LogP contribution in [0.4, 0.5) is 5.69 Å². The van der Waals surface area contributed by atoms with E-state index in [1.807, 2.05) is 42.5 Å². The predicted molar refractivity (Wildman–Crippen MR) is 94.3 cm³/mol. The van der Waals surface area contributed by atoms with Crippen LogP contribution < -0.4 is 10.9 Å². The van der Waals surface area contributed by atoms with Crippen molar-refractivity contribution in [3.05, 3.63) is 76.7 Å². The Kier molecular flexibility index (Phi) is 3.59. The molecule has 2 aromatic heterocycles. The van der Waals surface area contributed by atoms with Gasteiger partial charge in [0, 0.05) is 17.3 Å². The average molecular weight is 331 g/mol. The molecule has 0 bridgehead atoms. The van der Waals surface area contributed by atoms with E-state index in [4.69, 9.17) is 0 Å². The number of nitrogens with one attached hydrogen (secondary N) is 3. The third kappa shape index (κ3) is 3.02. The van der Waals surface area contributed by atoms with Crippen LogP contribution >= 0.6 is 0 Å². The van der Waals surface area contributed by atoms with E-state index >= 15 is 0 Å². The largest absolute Gasteiger partial charge is 0.338 e. The molecule has 3 N–H and O–H groups in total. The second kappa shape index (κ2) is 6.04. The highest BCUT2D eigenvalue weighted by Gasteiger charge is 2.10. The summed E-state index contributed by atoms with van der Waals surface area (Å²) in [7, 11) is 0. The lowest BCUT2D eigenvalue weighted by molar-refractivity contribution is 0.102. The van der Waals surface area contributed by atoms with Crippen LogP contribution in [0, 0.1) is 0 Å². The fourth-order valence-electron chi connectivity index (χ4n) is 2.50. The van der Waals surface area contributed by atoms with E-state index in [0.717, 1.165) is 22.4 Å². The van der Waals surface area contributed by atoms with Crippen LogP contribution in [0.3, 0.4) is 0 Å². The predicted octanol–water partition coefficient (Wildman–Crippen LogP) is 2.57. The fourth-order valence-corrected chi connectivity index (χ4v) is 2.50. The summed E-state index contributed by atoms with van der Waals surface area (Å²) in [5.74, 6) is 0.317. The van der Waals surface area contributed by atoms with Crippen molar-refractivity contribution in [2.45, 2.75) is 0 Å². The van der Waals surface area contributed by atoms with Gasteiger partial charge in [0.2, 0.25) is 0 Å². The molecule has 0 atom stereocenters. The summed E-state index contributed by atoms with van der Waals surface area (Å²) in [5, 5.41) is 8.71. The topological polar surface area (TPSA) is 104 Å². The Morgan fingerprint density at radius 1 is 1.00 bits per heavy atom. The number of benzene rings is 2. The Morgan fingerprint density at radius 3 is 2.68 bits per heavy atom. The quantitative estimate of drug-likeness (QED) is 0.537. The van der Waals surface area contributed by atoms with Crippen LogP contribution in [0.2, 0.25) is 0 Å². The number of amides is 1. The Bertz CT molecular complexity index is 1080. The second-order valence-corrected chi connectivity index (χ2v) is 5.44. The summed E-state index contributed by atoms with van der Waals surface area (Å²) in [6.45, 7) is 0. The summed E-state index contributed by atoms with van der Waals surface area (Å²) in [6.07, 6.45) is 0. The molecule has 122 valence electrons. The van der Waals surface area contributed by atoms with Crippen molar-refractivity contribution >= 4 is 22.6 Å². The van der Waals surface area contributed by atoms with Gasteiger partial charge in [-0.15, -0.1) is 0 Å². The van der Waals surface area contributed by atoms with E-state index in [1.54, 1.807) is 6.07 Å². The van der Waals surface area contributed by atoms with E-state index in [0.29, 0.717) is 5.69 Å². The Balaban J connectivity index is 1.61. The van der Waals surface area contributed by atoms with E-state index in [9.17, 15) is 9.59 Å². The summed E-state index contributed by atoms with van der Waals surface area (Å²) >= 11 is 0. The zero-order valence-electron chi connectivity index (χ0n) is 13.0. The molecule has 2 aromatic carbocycles. The molecule has 0 spiro atoms. The lowest BCUT2D eigenvalue weighted by Gasteiger charge is -2.05. The summed E-state index contributed by atoms with van der Waals surface area (Å²) < 4.78 is 0. The second-order valence-electron chi connectivity index (χ2n) is 5.44. The molecule has 2 heterocycles. The first-order chi connectivity index (χ1) is 12.2. The minimum absolute atomic E-state index is 0.133. The molecule has 4 aromatic rings. The number of aromatic nitrogens is 4. The number of aromatic amines is 2. The Hall–Kier alpha value is -3.74. The number of carbonyl (C=O) groups excluding carboxylic acids is 1. The first-order valence-electron chi connectivity index (χ1n) is 7.61. The molecule has 7 nitrogen and oxygen atoms in total. The molecule has 0 aliphatic heterocycles. The standard InChI is InChI=1S/C18H13N5O2/c24-16-9-8-15(22-23-16)18(25)19-12-5-3-4-11(10-12)17-20-13-6-1-2-7-14(13)21-17/h1-10H,(H,19,25)(H,20,21)(H,23,24). The van der Waals surface area contributed by atoms with Crippen molar-refractivity contribution < 1.29 is 4.79 Å². The van der Waals surface area contributed by atoms with Crippen molar-refractivity contribution in [1.82, 2.24) is 20.2 Å². The van der Waals surface area contributed by atoms with Crippen molar-refractivity contribution in [2.75, 3.05) is 5.32 Å². The zero-order valence-corrected chi connectivity index (χ0v) is 13.0. The minimum Gasteiger partial charge on any atom is -0.338 e. The molecule has 1 amide bonds. The van der Waals surface area contributed by atoms with Crippen LogP contribution in [-0.4, -0.2) is 26.1 Å². The van der Waals surface area contributed by atoms with Crippen LogP contribution in [0.1, 0.15) is 10.5 Å². The third-order valence-corrected chi connectivity index (χ3v) is 3.70. The van der Waals surface area contributed by atoms with Gasteiger partial charge < -0.3 is 10.3 Å². The zero-order chi connectivity index (χ0) is 17.2. The average Bonchev–Trinajstić information content (AvgIpc) is 3.07. The third-order valence-electron chi connectivity index (χ3n) is 3.70. The van der Waals surface area contributed by atoms with Crippen molar-refractivity contribution in [3.8, 4) is 11.4 Å². The number of H-pyrrole nitrogens is 2. The molecule has 0 saturated carbocycles. The van der Waals surface area contributed by atoms with E-state index < -0.39 is 5.91 Å². The highest BCUT2D eigenvalue weighted by atomic mass is 16.2. The lowest BCUT2D eigenvalue weighted by atomic mass is 10.2. The molecule has 0 saturated heterocycles. The minimum atomic E-state index is -0.405. The van der Waals surface area contributed by atoms with Gasteiger partial charge in [0.05, 0.1) is 11.0 Å². The van der Waals surface area contributed by atoms with Gasteiger partial charge in [-0.05, 0) is 30.3 Å². The maximum Gasteiger partial charge on any atom is 0.276 e.